The maximum absolute atomic E-state index is 12.6. The van der Waals surface area contributed by atoms with Crippen molar-refractivity contribution in [1.29, 1.82) is 0 Å². The predicted molar refractivity (Wildman–Crippen MR) is 95.9 cm³/mol. The molecule has 1 fully saturated rings. The van der Waals surface area contributed by atoms with Gasteiger partial charge in [-0.2, -0.15) is 4.31 Å². The van der Waals surface area contributed by atoms with Gasteiger partial charge >= 0.3 is 5.97 Å². The summed E-state index contributed by atoms with van der Waals surface area (Å²) < 4.78 is 31.9. The summed E-state index contributed by atoms with van der Waals surface area (Å²) in [5.74, 6) is -0.588. The van der Waals surface area contributed by atoms with Crippen LogP contribution in [-0.4, -0.2) is 31.8 Å². The highest BCUT2D eigenvalue weighted by Gasteiger charge is 2.27. The quantitative estimate of drug-likeness (QED) is 0.575. The van der Waals surface area contributed by atoms with Crippen LogP contribution in [0.15, 0.2) is 47.4 Å². The van der Waals surface area contributed by atoms with Gasteiger partial charge in [0, 0.05) is 13.1 Å². The third-order valence-corrected chi connectivity index (χ3v) is 6.59. The summed E-state index contributed by atoms with van der Waals surface area (Å²) in [5, 5.41) is 0.385. The van der Waals surface area contributed by atoms with Crippen LogP contribution in [0.4, 0.5) is 0 Å². The molecule has 0 spiro atoms. The van der Waals surface area contributed by atoms with Crippen molar-refractivity contribution in [2.45, 2.75) is 17.7 Å². The van der Waals surface area contributed by atoms with Crippen molar-refractivity contribution in [2.75, 3.05) is 13.1 Å². The normalized spacial score (nSPS) is 15.3. The molecule has 1 heterocycles. The van der Waals surface area contributed by atoms with Crippen molar-refractivity contribution in [3.8, 4) is 5.75 Å². The molecule has 0 aliphatic carbocycles. The lowest BCUT2D eigenvalue weighted by atomic mass is 10.2. The number of hydrogen-bond acceptors (Lipinski definition) is 4. The molecule has 132 valence electrons. The first-order valence-electron chi connectivity index (χ1n) is 7.66. The van der Waals surface area contributed by atoms with E-state index in [1.165, 1.54) is 34.6 Å². The van der Waals surface area contributed by atoms with Gasteiger partial charge in [0.1, 0.15) is 5.02 Å². The summed E-state index contributed by atoms with van der Waals surface area (Å²) in [5.41, 5.74) is 0.122. The highest BCUT2D eigenvalue weighted by Crippen LogP contribution is 2.32. The molecule has 1 saturated heterocycles. The number of carbonyl (C=O) groups is 1. The number of esters is 1. The van der Waals surface area contributed by atoms with E-state index in [1.807, 2.05) is 0 Å². The number of benzene rings is 2. The van der Waals surface area contributed by atoms with Gasteiger partial charge in [-0.25, -0.2) is 13.2 Å². The molecular weight excluding hydrogens is 385 g/mol. The molecule has 0 amide bonds. The van der Waals surface area contributed by atoms with Gasteiger partial charge in [0.15, 0.2) is 5.75 Å². The van der Waals surface area contributed by atoms with Crippen molar-refractivity contribution in [3.05, 3.63) is 58.1 Å². The molecule has 2 aromatic rings. The number of nitrogens with zero attached hydrogens (tertiary/aromatic N) is 1. The Morgan fingerprint density at radius 3 is 2.44 bits per heavy atom. The smallest absolute Gasteiger partial charge is 0.343 e. The first kappa shape index (κ1) is 18.2. The standard InChI is InChI=1S/C17H15Cl2NO4S/c18-14-7-4-8-15(16(14)19)24-17(21)12-5-3-6-13(11-12)25(22,23)20-9-1-2-10-20/h3-8,11H,1-2,9-10H2. The summed E-state index contributed by atoms with van der Waals surface area (Å²) in [7, 11) is -3.60. The SMILES string of the molecule is O=C(Oc1cccc(Cl)c1Cl)c1cccc(S(=O)(=O)N2CCCC2)c1. The predicted octanol–water partition coefficient (Wildman–Crippen LogP) is 4.00. The molecule has 3 rings (SSSR count). The highest BCUT2D eigenvalue weighted by molar-refractivity contribution is 7.89. The van der Waals surface area contributed by atoms with Crippen molar-refractivity contribution in [1.82, 2.24) is 4.31 Å². The molecular formula is C17H15Cl2NO4S. The van der Waals surface area contributed by atoms with Crippen LogP contribution in [0.1, 0.15) is 23.2 Å². The van der Waals surface area contributed by atoms with Gasteiger partial charge in [-0.15, -0.1) is 0 Å². The average Bonchev–Trinajstić information content (AvgIpc) is 3.14. The van der Waals surface area contributed by atoms with Gasteiger partial charge in [-0.1, -0.05) is 35.3 Å². The topological polar surface area (TPSA) is 63.7 Å². The number of sulfonamides is 1. The van der Waals surface area contributed by atoms with Gasteiger partial charge in [-0.05, 0) is 43.2 Å². The van der Waals surface area contributed by atoms with Crippen LogP contribution in [0.3, 0.4) is 0 Å². The molecule has 5 nitrogen and oxygen atoms in total. The Morgan fingerprint density at radius 2 is 1.72 bits per heavy atom. The number of ether oxygens (including phenoxy) is 1. The molecule has 0 unspecified atom stereocenters. The van der Waals surface area contributed by atoms with E-state index in [0.29, 0.717) is 13.1 Å². The molecule has 25 heavy (non-hydrogen) atoms. The van der Waals surface area contributed by atoms with E-state index in [1.54, 1.807) is 12.1 Å². The Kier molecular flexibility index (Phi) is 5.34. The third kappa shape index (κ3) is 3.82. The number of halogens is 2. The van der Waals surface area contributed by atoms with E-state index in [2.05, 4.69) is 0 Å². The van der Waals surface area contributed by atoms with Crippen molar-refractivity contribution >= 4 is 39.2 Å². The lowest BCUT2D eigenvalue weighted by Gasteiger charge is -2.16. The Balaban J connectivity index is 1.86. The second-order valence-electron chi connectivity index (χ2n) is 5.58. The fourth-order valence-electron chi connectivity index (χ4n) is 2.58. The molecule has 0 saturated carbocycles. The zero-order valence-electron chi connectivity index (χ0n) is 13.1. The number of carbonyl (C=O) groups excluding carboxylic acids is 1. The van der Waals surface area contributed by atoms with Crippen molar-refractivity contribution in [2.24, 2.45) is 0 Å². The third-order valence-electron chi connectivity index (χ3n) is 3.89. The minimum Gasteiger partial charge on any atom is -0.421 e. The average molecular weight is 400 g/mol. The second kappa shape index (κ2) is 7.33. The van der Waals surface area contributed by atoms with Gasteiger partial charge in [0.05, 0.1) is 15.5 Å². The summed E-state index contributed by atoms with van der Waals surface area (Å²) >= 11 is 11.9. The van der Waals surface area contributed by atoms with E-state index in [4.69, 9.17) is 27.9 Å². The molecule has 1 aliphatic heterocycles. The number of rotatable bonds is 4. The Morgan fingerprint density at radius 1 is 1.04 bits per heavy atom. The molecule has 0 atom stereocenters. The van der Waals surface area contributed by atoms with Crippen LogP contribution in [0.25, 0.3) is 0 Å². The lowest BCUT2D eigenvalue weighted by Crippen LogP contribution is -2.28. The van der Waals surface area contributed by atoms with Crippen LogP contribution in [0.2, 0.25) is 10.0 Å². The summed E-state index contributed by atoms with van der Waals surface area (Å²) in [6.07, 6.45) is 1.68. The molecule has 2 aromatic carbocycles. The fraction of sp³-hybridized carbons (Fsp3) is 0.235. The summed E-state index contributed by atoms with van der Waals surface area (Å²) in [6, 6.07) is 10.5. The summed E-state index contributed by atoms with van der Waals surface area (Å²) in [6.45, 7) is 0.990. The first-order valence-corrected chi connectivity index (χ1v) is 9.85. The Labute approximate surface area is 156 Å². The molecule has 8 heteroatoms. The Bertz CT molecular complexity index is 909. The van der Waals surface area contributed by atoms with E-state index in [0.717, 1.165) is 12.8 Å². The minimum absolute atomic E-state index is 0.0704. The summed E-state index contributed by atoms with van der Waals surface area (Å²) in [4.78, 5) is 12.4. The molecule has 1 aliphatic rings. The first-order chi connectivity index (χ1) is 11.9. The van der Waals surface area contributed by atoms with Crippen LogP contribution >= 0.6 is 23.2 Å². The van der Waals surface area contributed by atoms with Gasteiger partial charge in [0.25, 0.3) is 0 Å². The fourth-order valence-corrected chi connectivity index (χ4v) is 4.48. The zero-order valence-corrected chi connectivity index (χ0v) is 15.4. The van der Waals surface area contributed by atoms with E-state index in [9.17, 15) is 13.2 Å². The molecule has 0 bridgehead atoms. The lowest BCUT2D eigenvalue weighted by molar-refractivity contribution is 0.0734. The highest BCUT2D eigenvalue weighted by atomic mass is 35.5. The molecule has 0 aromatic heterocycles. The van der Waals surface area contributed by atoms with E-state index >= 15 is 0 Å². The van der Waals surface area contributed by atoms with Crippen LogP contribution in [0, 0.1) is 0 Å². The van der Waals surface area contributed by atoms with Gasteiger partial charge in [-0.3, -0.25) is 0 Å². The second-order valence-corrected chi connectivity index (χ2v) is 8.30. The monoisotopic (exact) mass is 399 g/mol. The van der Waals surface area contributed by atoms with Crippen LogP contribution < -0.4 is 4.74 Å². The van der Waals surface area contributed by atoms with Crippen molar-refractivity contribution < 1.29 is 17.9 Å². The largest absolute Gasteiger partial charge is 0.421 e. The maximum Gasteiger partial charge on any atom is 0.343 e. The van der Waals surface area contributed by atoms with Gasteiger partial charge < -0.3 is 4.74 Å². The number of hydrogen-bond donors (Lipinski definition) is 0. The maximum atomic E-state index is 12.6. The van der Waals surface area contributed by atoms with Gasteiger partial charge in [0.2, 0.25) is 10.0 Å². The van der Waals surface area contributed by atoms with Crippen molar-refractivity contribution in [3.63, 3.8) is 0 Å². The molecule has 0 N–H and O–H groups in total. The Hall–Kier alpha value is -1.60. The van der Waals surface area contributed by atoms with Crippen LogP contribution in [0.5, 0.6) is 5.75 Å². The zero-order chi connectivity index (χ0) is 18.0. The van der Waals surface area contributed by atoms with E-state index in [-0.39, 0.29) is 26.3 Å². The minimum atomic E-state index is -3.60. The van der Waals surface area contributed by atoms with E-state index < -0.39 is 16.0 Å². The molecule has 0 radical (unpaired) electrons. The van der Waals surface area contributed by atoms with Crippen LogP contribution in [-0.2, 0) is 10.0 Å².